The molecule has 1 fully saturated rings. The van der Waals surface area contributed by atoms with Crippen molar-refractivity contribution in [1.29, 1.82) is 0 Å². The van der Waals surface area contributed by atoms with Gasteiger partial charge < -0.3 is 9.47 Å². The van der Waals surface area contributed by atoms with Crippen LogP contribution in [0.25, 0.3) is 0 Å². The molecule has 0 aromatic rings. The first kappa shape index (κ1) is 13.0. The van der Waals surface area contributed by atoms with E-state index in [1.165, 1.54) is 0 Å². The van der Waals surface area contributed by atoms with E-state index in [4.69, 9.17) is 9.47 Å². The van der Waals surface area contributed by atoms with E-state index in [2.05, 4.69) is 0 Å². The average Bonchev–Trinajstić information content (AvgIpc) is 2.71. The second kappa shape index (κ2) is 6.51. The second-order valence-corrected chi connectivity index (χ2v) is 4.06. The van der Waals surface area contributed by atoms with Gasteiger partial charge in [-0.2, -0.15) is 0 Å². The van der Waals surface area contributed by atoms with E-state index in [9.17, 15) is 9.59 Å². The molecule has 1 atom stereocenters. The number of carbonyl (C=O) groups is 2. The Hall–Kier alpha value is -1.06. The molecule has 0 spiro atoms. The topological polar surface area (TPSA) is 52.6 Å². The van der Waals surface area contributed by atoms with Crippen LogP contribution in [0.3, 0.4) is 0 Å². The summed E-state index contributed by atoms with van der Waals surface area (Å²) in [5, 5.41) is 0. The lowest BCUT2D eigenvalue weighted by Crippen LogP contribution is -2.29. The Kier molecular flexibility index (Phi) is 5.29. The first-order chi connectivity index (χ1) is 7.69. The minimum Gasteiger partial charge on any atom is -0.465 e. The first-order valence-corrected chi connectivity index (χ1v) is 6.06. The van der Waals surface area contributed by atoms with Gasteiger partial charge in [0, 0.05) is 0 Å². The lowest BCUT2D eigenvalue weighted by Gasteiger charge is -2.16. The van der Waals surface area contributed by atoms with Gasteiger partial charge in [-0.15, -0.1) is 0 Å². The van der Waals surface area contributed by atoms with E-state index in [-0.39, 0.29) is 6.10 Å². The molecule has 92 valence electrons. The highest BCUT2D eigenvalue weighted by molar-refractivity contribution is 5.94. The molecule has 1 saturated carbocycles. The number of rotatable bonds is 5. The fraction of sp³-hybridized carbons (Fsp3) is 0.833. The molecule has 0 saturated heterocycles. The average molecular weight is 228 g/mol. The van der Waals surface area contributed by atoms with Crippen LogP contribution in [0.4, 0.5) is 0 Å². The van der Waals surface area contributed by atoms with E-state index in [0.717, 1.165) is 25.7 Å². The summed E-state index contributed by atoms with van der Waals surface area (Å²) in [6, 6.07) is 0. The molecule has 1 aliphatic rings. The Morgan fingerprint density at radius 3 is 2.31 bits per heavy atom. The molecule has 1 rings (SSSR count). The van der Waals surface area contributed by atoms with E-state index in [1.54, 1.807) is 13.8 Å². The van der Waals surface area contributed by atoms with E-state index in [0.29, 0.717) is 13.0 Å². The van der Waals surface area contributed by atoms with Gasteiger partial charge in [0.2, 0.25) is 0 Å². The van der Waals surface area contributed by atoms with Crippen LogP contribution in [0.15, 0.2) is 0 Å². The molecule has 0 amide bonds. The van der Waals surface area contributed by atoms with Gasteiger partial charge in [0.15, 0.2) is 5.92 Å². The van der Waals surface area contributed by atoms with Crippen molar-refractivity contribution in [3.05, 3.63) is 0 Å². The highest BCUT2D eigenvalue weighted by atomic mass is 16.6. The number of hydrogen-bond donors (Lipinski definition) is 0. The lowest BCUT2D eigenvalue weighted by atomic mass is 10.1. The Bertz CT molecular complexity index is 243. The standard InChI is InChI=1S/C12H20O4/c1-3-10(11(13)15-4-2)12(14)16-9-7-5-6-8-9/h9-10H,3-8H2,1-2H3. The summed E-state index contributed by atoms with van der Waals surface area (Å²) in [5.74, 6) is -1.64. The molecule has 0 aliphatic heterocycles. The number of ether oxygens (including phenoxy) is 2. The van der Waals surface area contributed by atoms with Crippen molar-refractivity contribution in [2.75, 3.05) is 6.61 Å². The number of carbonyl (C=O) groups excluding carboxylic acids is 2. The van der Waals surface area contributed by atoms with Gasteiger partial charge in [-0.3, -0.25) is 9.59 Å². The van der Waals surface area contributed by atoms with Crippen molar-refractivity contribution < 1.29 is 19.1 Å². The minimum absolute atomic E-state index is 0.0102. The van der Waals surface area contributed by atoms with Crippen molar-refractivity contribution in [3.8, 4) is 0 Å². The first-order valence-electron chi connectivity index (χ1n) is 6.06. The predicted octanol–water partition coefficient (Wildman–Crippen LogP) is 2.06. The summed E-state index contributed by atoms with van der Waals surface area (Å²) < 4.78 is 10.1. The number of esters is 2. The van der Waals surface area contributed by atoms with Crippen LogP contribution in [0.2, 0.25) is 0 Å². The summed E-state index contributed by atoms with van der Waals surface area (Å²) in [5.41, 5.74) is 0. The molecule has 0 radical (unpaired) electrons. The smallest absolute Gasteiger partial charge is 0.320 e. The Morgan fingerprint density at radius 1 is 1.19 bits per heavy atom. The maximum atomic E-state index is 11.7. The maximum absolute atomic E-state index is 11.7. The fourth-order valence-corrected chi connectivity index (χ4v) is 1.93. The third-order valence-corrected chi connectivity index (χ3v) is 2.85. The largest absolute Gasteiger partial charge is 0.465 e. The lowest BCUT2D eigenvalue weighted by molar-refractivity contribution is -0.165. The van der Waals surface area contributed by atoms with Crippen molar-refractivity contribution in [2.24, 2.45) is 5.92 Å². The molecule has 0 heterocycles. The molecule has 0 N–H and O–H groups in total. The molecular weight excluding hydrogens is 208 g/mol. The van der Waals surface area contributed by atoms with Crippen LogP contribution >= 0.6 is 0 Å². The van der Waals surface area contributed by atoms with Gasteiger partial charge in [-0.1, -0.05) is 6.92 Å². The Balaban J connectivity index is 2.44. The van der Waals surface area contributed by atoms with Crippen LogP contribution in [-0.2, 0) is 19.1 Å². The third-order valence-electron chi connectivity index (χ3n) is 2.85. The third kappa shape index (κ3) is 3.51. The fourth-order valence-electron chi connectivity index (χ4n) is 1.93. The SMILES string of the molecule is CCOC(=O)C(CC)C(=O)OC1CCCC1. The monoisotopic (exact) mass is 228 g/mol. The Labute approximate surface area is 96.3 Å². The molecule has 4 heteroatoms. The minimum atomic E-state index is -0.749. The molecular formula is C12H20O4. The van der Waals surface area contributed by atoms with Gasteiger partial charge in [0.1, 0.15) is 6.10 Å². The van der Waals surface area contributed by atoms with Crippen molar-refractivity contribution in [3.63, 3.8) is 0 Å². The quantitative estimate of drug-likeness (QED) is 0.534. The van der Waals surface area contributed by atoms with Crippen LogP contribution in [0, 0.1) is 5.92 Å². The highest BCUT2D eigenvalue weighted by Crippen LogP contribution is 2.22. The molecule has 0 bridgehead atoms. The highest BCUT2D eigenvalue weighted by Gasteiger charge is 2.30. The summed E-state index contributed by atoms with van der Waals surface area (Å²) in [6.07, 6.45) is 4.50. The van der Waals surface area contributed by atoms with E-state index >= 15 is 0 Å². The van der Waals surface area contributed by atoms with E-state index < -0.39 is 17.9 Å². The zero-order valence-electron chi connectivity index (χ0n) is 10.0. The van der Waals surface area contributed by atoms with Gasteiger partial charge in [-0.25, -0.2) is 0 Å². The zero-order chi connectivity index (χ0) is 12.0. The second-order valence-electron chi connectivity index (χ2n) is 4.06. The maximum Gasteiger partial charge on any atom is 0.320 e. The summed E-state index contributed by atoms with van der Waals surface area (Å²) in [7, 11) is 0. The van der Waals surface area contributed by atoms with Crippen molar-refractivity contribution >= 4 is 11.9 Å². The van der Waals surface area contributed by atoms with Gasteiger partial charge >= 0.3 is 11.9 Å². The molecule has 16 heavy (non-hydrogen) atoms. The van der Waals surface area contributed by atoms with Crippen LogP contribution in [-0.4, -0.2) is 24.6 Å². The predicted molar refractivity (Wildman–Crippen MR) is 58.8 cm³/mol. The Morgan fingerprint density at radius 2 is 1.81 bits per heavy atom. The zero-order valence-corrected chi connectivity index (χ0v) is 10.0. The van der Waals surface area contributed by atoms with Gasteiger partial charge in [0.05, 0.1) is 6.61 Å². The molecule has 1 unspecified atom stereocenters. The van der Waals surface area contributed by atoms with E-state index in [1.807, 2.05) is 0 Å². The van der Waals surface area contributed by atoms with Crippen LogP contribution < -0.4 is 0 Å². The molecule has 0 aromatic heterocycles. The molecule has 0 aromatic carbocycles. The van der Waals surface area contributed by atoms with Gasteiger partial charge in [-0.05, 0) is 39.0 Å². The van der Waals surface area contributed by atoms with Gasteiger partial charge in [0.25, 0.3) is 0 Å². The normalized spacial score (nSPS) is 18.1. The van der Waals surface area contributed by atoms with Crippen LogP contribution in [0.1, 0.15) is 46.0 Å². The number of hydrogen-bond acceptors (Lipinski definition) is 4. The summed E-state index contributed by atoms with van der Waals surface area (Å²) >= 11 is 0. The summed E-state index contributed by atoms with van der Waals surface area (Å²) in [4.78, 5) is 23.2. The molecule has 4 nitrogen and oxygen atoms in total. The molecule has 1 aliphatic carbocycles. The van der Waals surface area contributed by atoms with Crippen molar-refractivity contribution in [1.82, 2.24) is 0 Å². The van der Waals surface area contributed by atoms with Crippen molar-refractivity contribution in [2.45, 2.75) is 52.1 Å². The van der Waals surface area contributed by atoms with Crippen LogP contribution in [0.5, 0.6) is 0 Å². The summed E-state index contributed by atoms with van der Waals surface area (Å²) in [6.45, 7) is 3.82.